The molecule has 7 heteroatoms. The number of carbonyl (C=O) groups is 2. The predicted octanol–water partition coefficient (Wildman–Crippen LogP) is 4.14. The Labute approximate surface area is 207 Å². The van der Waals surface area contributed by atoms with Crippen molar-refractivity contribution in [1.29, 1.82) is 0 Å². The third-order valence-corrected chi connectivity index (χ3v) is 7.01. The van der Waals surface area contributed by atoms with E-state index in [1.54, 1.807) is 0 Å². The molecule has 0 radical (unpaired) electrons. The number of fused-ring (bicyclic) bond motifs is 1. The van der Waals surface area contributed by atoms with Crippen molar-refractivity contribution in [3.63, 3.8) is 0 Å². The zero-order valence-electron chi connectivity index (χ0n) is 20.6. The minimum absolute atomic E-state index is 0.532. The van der Waals surface area contributed by atoms with Crippen LogP contribution in [0.3, 0.4) is 0 Å². The van der Waals surface area contributed by atoms with E-state index < -0.39 is 17.5 Å². The molecule has 1 aromatic carbocycles. The SMILES string of the molecule is Cc1ccccc1C1CCN(C[C@@H]2CCc3cccnc3C(C)(O)C2)CC1.O=C(O)/C=C/C(=O)O. The first-order chi connectivity index (χ1) is 16.7. The maximum Gasteiger partial charge on any atom is 0.328 e. The van der Waals surface area contributed by atoms with Gasteiger partial charge in [-0.05, 0) is 93.6 Å². The minimum atomic E-state index is -1.26. The minimum Gasteiger partial charge on any atom is -0.478 e. The molecule has 1 aliphatic carbocycles. The van der Waals surface area contributed by atoms with Gasteiger partial charge in [-0.15, -0.1) is 0 Å². The van der Waals surface area contributed by atoms with E-state index in [4.69, 9.17) is 10.2 Å². The first kappa shape index (κ1) is 26.6. The Hall–Kier alpha value is -3.03. The molecule has 2 aromatic rings. The number of carboxylic acids is 2. The monoisotopic (exact) mass is 480 g/mol. The van der Waals surface area contributed by atoms with E-state index in [9.17, 15) is 14.7 Å². The highest BCUT2D eigenvalue weighted by Gasteiger charge is 2.35. The molecule has 0 saturated carbocycles. The van der Waals surface area contributed by atoms with E-state index in [0.717, 1.165) is 31.5 Å². The van der Waals surface area contributed by atoms with E-state index in [1.807, 2.05) is 19.2 Å². The topological polar surface area (TPSA) is 111 Å². The average molecular weight is 481 g/mol. The molecule has 1 fully saturated rings. The van der Waals surface area contributed by atoms with Gasteiger partial charge in [-0.2, -0.15) is 0 Å². The van der Waals surface area contributed by atoms with Gasteiger partial charge in [0.2, 0.25) is 0 Å². The lowest BCUT2D eigenvalue weighted by molar-refractivity contribution is -0.134. The summed E-state index contributed by atoms with van der Waals surface area (Å²) in [4.78, 5) is 26.2. The van der Waals surface area contributed by atoms with Gasteiger partial charge < -0.3 is 20.2 Å². The van der Waals surface area contributed by atoms with Gasteiger partial charge in [0.15, 0.2) is 0 Å². The number of nitrogens with zero attached hydrogens (tertiary/aromatic N) is 2. The largest absolute Gasteiger partial charge is 0.478 e. The Morgan fingerprint density at radius 1 is 1.06 bits per heavy atom. The summed E-state index contributed by atoms with van der Waals surface area (Å²) in [5.74, 6) is -1.28. The molecule has 0 amide bonds. The number of rotatable bonds is 5. The van der Waals surface area contributed by atoms with E-state index in [2.05, 4.69) is 47.1 Å². The molecule has 2 atom stereocenters. The van der Waals surface area contributed by atoms with E-state index in [-0.39, 0.29) is 0 Å². The van der Waals surface area contributed by atoms with Crippen molar-refractivity contribution < 1.29 is 24.9 Å². The van der Waals surface area contributed by atoms with Crippen LogP contribution in [0.2, 0.25) is 0 Å². The summed E-state index contributed by atoms with van der Waals surface area (Å²) in [7, 11) is 0. The average Bonchev–Trinajstić information content (AvgIpc) is 2.95. The smallest absolute Gasteiger partial charge is 0.328 e. The molecule has 7 nitrogen and oxygen atoms in total. The van der Waals surface area contributed by atoms with Crippen LogP contribution in [0.1, 0.15) is 60.9 Å². The van der Waals surface area contributed by atoms with Gasteiger partial charge in [-0.1, -0.05) is 30.3 Å². The molecular weight excluding hydrogens is 444 g/mol. The lowest BCUT2D eigenvalue weighted by Crippen LogP contribution is -2.38. The first-order valence-electron chi connectivity index (χ1n) is 12.2. The van der Waals surface area contributed by atoms with Gasteiger partial charge in [0.05, 0.1) is 5.69 Å². The fourth-order valence-electron chi connectivity index (χ4n) is 5.38. The molecule has 1 unspecified atom stereocenters. The Morgan fingerprint density at radius 3 is 2.34 bits per heavy atom. The van der Waals surface area contributed by atoms with Gasteiger partial charge in [0, 0.05) is 24.9 Å². The highest BCUT2D eigenvalue weighted by Crippen LogP contribution is 2.37. The van der Waals surface area contributed by atoms with Crippen molar-refractivity contribution in [2.75, 3.05) is 19.6 Å². The standard InChI is InChI=1S/C24H32N2O.C4H4O4/c1-18-6-3-4-8-22(18)20-11-14-26(15-12-20)17-19-9-10-21-7-5-13-25-23(21)24(2,27)16-19;5-3(6)1-2-4(7)8/h3-8,13,19-20,27H,9-12,14-17H2,1-2H3;1-2H,(H,5,6)(H,7,8)/b;2-1+/t19-,24?;/m1./s1. The van der Waals surface area contributed by atoms with Crippen LogP contribution < -0.4 is 0 Å². The molecule has 1 aliphatic heterocycles. The Balaban J connectivity index is 0.000000371. The number of piperidine rings is 1. The van der Waals surface area contributed by atoms with Crippen LogP contribution in [-0.4, -0.2) is 56.8 Å². The summed E-state index contributed by atoms with van der Waals surface area (Å²) >= 11 is 0. The summed E-state index contributed by atoms with van der Waals surface area (Å²) in [5.41, 5.74) is 4.28. The van der Waals surface area contributed by atoms with Crippen LogP contribution in [-0.2, 0) is 21.6 Å². The van der Waals surface area contributed by atoms with Gasteiger partial charge in [0.1, 0.15) is 5.60 Å². The van der Waals surface area contributed by atoms with Crippen LogP contribution >= 0.6 is 0 Å². The maximum absolute atomic E-state index is 11.0. The van der Waals surface area contributed by atoms with Crippen molar-refractivity contribution in [3.05, 3.63) is 77.1 Å². The lowest BCUT2D eigenvalue weighted by atomic mass is 9.85. The number of aliphatic carboxylic acids is 2. The number of likely N-dealkylation sites (tertiary alicyclic amines) is 1. The molecule has 1 saturated heterocycles. The van der Waals surface area contributed by atoms with Crippen LogP contribution in [0, 0.1) is 12.8 Å². The quantitative estimate of drug-likeness (QED) is 0.436. The second-order valence-electron chi connectivity index (χ2n) is 9.84. The molecule has 4 rings (SSSR count). The molecule has 1 aromatic heterocycles. The molecule has 188 valence electrons. The summed E-state index contributed by atoms with van der Waals surface area (Å²) in [6, 6.07) is 13.0. The van der Waals surface area contributed by atoms with Crippen LogP contribution in [0.15, 0.2) is 54.7 Å². The van der Waals surface area contributed by atoms with Crippen LogP contribution in [0.4, 0.5) is 0 Å². The number of pyridine rings is 1. The zero-order chi connectivity index (χ0) is 25.4. The highest BCUT2D eigenvalue weighted by molar-refractivity contribution is 5.89. The fraction of sp³-hybridized carbons (Fsp3) is 0.464. The lowest BCUT2D eigenvalue weighted by Gasteiger charge is -2.36. The van der Waals surface area contributed by atoms with Crippen molar-refractivity contribution in [3.8, 4) is 0 Å². The highest BCUT2D eigenvalue weighted by atomic mass is 16.4. The summed E-state index contributed by atoms with van der Waals surface area (Å²) in [6.07, 6.45) is 8.41. The number of aromatic nitrogens is 1. The number of aliphatic hydroxyl groups is 1. The third kappa shape index (κ3) is 7.73. The Bertz CT molecular complexity index is 1030. The molecule has 2 aliphatic rings. The van der Waals surface area contributed by atoms with E-state index in [0.29, 0.717) is 24.0 Å². The van der Waals surface area contributed by atoms with Gasteiger partial charge in [0.25, 0.3) is 0 Å². The van der Waals surface area contributed by atoms with Crippen molar-refractivity contribution in [1.82, 2.24) is 9.88 Å². The number of hydrogen-bond donors (Lipinski definition) is 3. The number of benzene rings is 1. The third-order valence-electron chi connectivity index (χ3n) is 7.01. The van der Waals surface area contributed by atoms with E-state index in [1.165, 1.54) is 42.6 Å². The van der Waals surface area contributed by atoms with Crippen molar-refractivity contribution in [2.24, 2.45) is 5.92 Å². The normalized spacial score (nSPS) is 23.1. The summed E-state index contributed by atoms with van der Waals surface area (Å²) in [5, 5.41) is 26.7. The zero-order valence-corrected chi connectivity index (χ0v) is 20.6. The predicted molar refractivity (Wildman–Crippen MR) is 134 cm³/mol. The van der Waals surface area contributed by atoms with Crippen LogP contribution in [0.25, 0.3) is 0 Å². The first-order valence-corrected chi connectivity index (χ1v) is 12.2. The fourth-order valence-corrected chi connectivity index (χ4v) is 5.38. The van der Waals surface area contributed by atoms with Gasteiger partial charge in [-0.3, -0.25) is 4.98 Å². The molecule has 0 spiro atoms. The number of hydrogen-bond acceptors (Lipinski definition) is 5. The number of aryl methyl sites for hydroxylation is 2. The number of carboxylic acid groups (broad SMARTS) is 2. The maximum atomic E-state index is 11.0. The van der Waals surface area contributed by atoms with Gasteiger partial charge in [-0.25, -0.2) is 9.59 Å². The van der Waals surface area contributed by atoms with E-state index >= 15 is 0 Å². The summed E-state index contributed by atoms with van der Waals surface area (Å²) < 4.78 is 0. The van der Waals surface area contributed by atoms with Gasteiger partial charge >= 0.3 is 11.9 Å². The molecular formula is C28H36N2O5. The molecule has 3 N–H and O–H groups in total. The van der Waals surface area contributed by atoms with Crippen molar-refractivity contribution >= 4 is 11.9 Å². The molecule has 35 heavy (non-hydrogen) atoms. The molecule has 0 bridgehead atoms. The Morgan fingerprint density at radius 2 is 1.71 bits per heavy atom. The second kappa shape index (κ2) is 12.1. The Kier molecular flexibility index (Phi) is 9.18. The molecule has 2 heterocycles. The van der Waals surface area contributed by atoms with Crippen molar-refractivity contribution in [2.45, 2.75) is 57.5 Å². The van der Waals surface area contributed by atoms with Crippen LogP contribution in [0.5, 0.6) is 0 Å². The second-order valence-corrected chi connectivity index (χ2v) is 9.84. The summed E-state index contributed by atoms with van der Waals surface area (Å²) in [6.45, 7) is 7.62.